The van der Waals surface area contributed by atoms with Crippen LogP contribution in [0.1, 0.15) is 12.8 Å². The summed E-state index contributed by atoms with van der Waals surface area (Å²) in [6, 6.07) is 7.33. The Bertz CT molecular complexity index is 849. The average molecular weight is 332 g/mol. The summed E-state index contributed by atoms with van der Waals surface area (Å²) in [5, 5.41) is 17.5. The van der Waals surface area contributed by atoms with Gasteiger partial charge in [0.1, 0.15) is 12.1 Å². The Kier molecular flexibility index (Phi) is 4.38. The van der Waals surface area contributed by atoms with E-state index in [1.54, 1.807) is 23.0 Å². The van der Waals surface area contributed by atoms with Crippen molar-refractivity contribution in [1.82, 2.24) is 19.7 Å². The van der Waals surface area contributed by atoms with Gasteiger partial charge in [-0.25, -0.2) is 14.6 Å². The molecule has 7 nitrogen and oxygen atoms in total. The first kappa shape index (κ1) is 15.2. The zero-order chi connectivity index (χ0) is 16.2. The Morgan fingerprint density at radius 1 is 1.35 bits per heavy atom. The number of nitrogens with zero attached hydrogens (tertiary/aromatic N) is 4. The van der Waals surface area contributed by atoms with Gasteiger partial charge in [-0.2, -0.15) is 5.10 Å². The van der Waals surface area contributed by atoms with E-state index in [9.17, 15) is 4.79 Å². The Morgan fingerprint density at radius 3 is 3.00 bits per heavy atom. The van der Waals surface area contributed by atoms with Crippen LogP contribution >= 0.6 is 11.6 Å². The molecule has 1 aromatic carbocycles. The van der Waals surface area contributed by atoms with Crippen molar-refractivity contribution in [2.24, 2.45) is 0 Å². The summed E-state index contributed by atoms with van der Waals surface area (Å²) in [5.74, 6) is -0.179. The minimum Gasteiger partial charge on any atom is -0.481 e. The molecule has 0 saturated carbocycles. The first-order valence-corrected chi connectivity index (χ1v) is 7.43. The van der Waals surface area contributed by atoms with Crippen LogP contribution in [0.5, 0.6) is 0 Å². The molecule has 2 aromatic heterocycles. The smallest absolute Gasteiger partial charge is 0.303 e. The Labute approximate surface area is 136 Å². The molecule has 2 N–H and O–H groups in total. The van der Waals surface area contributed by atoms with Crippen molar-refractivity contribution in [1.29, 1.82) is 0 Å². The molecule has 3 rings (SSSR count). The van der Waals surface area contributed by atoms with Gasteiger partial charge in [0.2, 0.25) is 0 Å². The van der Waals surface area contributed by atoms with Crippen molar-refractivity contribution in [3.05, 3.63) is 41.8 Å². The number of nitrogens with one attached hydrogen (secondary N) is 1. The number of hydrogen-bond acceptors (Lipinski definition) is 5. The van der Waals surface area contributed by atoms with E-state index in [4.69, 9.17) is 16.7 Å². The van der Waals surface area contributed by atoms with Gasteiger partial charge in [-0.3, -0.25) is 4.79 Å². The molecular weight excluding hydrogens is 318 g/mol. The van der Waals surface area contributed by atoms with Crippen LogP contribution in [0.15, 0.2) is 36.8 Å². The highest BCUT2D eigenvalue weighted by Gasteiger charge is 2.11. The van der Waals surface area contributed by atoms with Gasteiger partial charge in [0.15, 0.2) is 5.65 Å². The predicted molar refractivity (Wildman–Crippen MR) is 87.0 cm³/mol. The Morgan fingerprint density at radius 2 is 2.22 bits per heavy atom. The summed E-state index contributed by atoms with van der Waals surface area (Å²) >= 11 is 6.02. The molecule has 0 spiro atoms. The highest BCUT2D eigenvalue weighted by atomic mass is 35.5. The number of anilines is 1. The molecule has 0 aliphatic rings. The van der Waals surface area contributed by atoms with Crippen molar-refractivity contribution >= 4 is 34.4 Å². The van der Waals surface area contributed by atoms with Crippen LogP contribution in [0.4, 0.5) is 5.82 Å². The zero-order valence-corrected chi connectivity index (χ0v) is 12.9. The minimum absolute atomic E-state index is 0.114. The number of carboxylic acids is 1. The van der Waals surface area contributed by atoms with E-state index in [1.807, 2.05) is 12.1 Å². The molecule has 3 aromatic rings. The quantitative estimate of drug-likeness (QED) is 0.675. The first-order chi connectivity index (χ1) is 11.1. The second-order valence-electron chi connectivity index (χ2n) is 4.92. The van der Waals surface area contributed by atoms with E-state index in [-0.39, 0.29) is 6.42 Å². The fourth-order valence-electron chi connectivity index (χ4n) is 2.23. The van der Waals surface area contributed by atoms with Crippen LogP contribution in [0.25, 0.3) is 16.7 Å². The molecule has 0 unspecified atom stereocenters. The van der Waals surface area contributed by atoms with Crippen LogP contribution in [0.2, 0.25) is 5.02 Å². The number of rotatable bonds is 6. The molecule has 118 valence electrons. The maximum atomic E-state index is 10.5. The fourth-order valence-corrected chi connectivity index (χ4v) is 2.41. The first-order valence-electron chi connectivity index (χ1n) is 7.05. The van der Waals surface area contributed by atoms with Crippen LogP contribution in [0, 0.1) is 0 Å². The Balaban J connectivity index is 1.87. The molecule has 0 bridgehead atoms. The van der Waals surface area contributed by atoms with E-state index < -0.39 is 5.97 Å². The molecule has 0 aliphatic carbocycles. The molecule has 0 fully saturated rings. The van der Waals surface area contributed by atoms with Crippen LogP contribution in [-0.4, -0.2) is 37.4 Å². The second kappa shape index (κ2) is 6.62. The molecule has 0 saturated heterocycles. The number of fused-ring (bicyclic) bond motifs is 1. The number of benzene rings is 1. The van der Waals surface area contributed by atoms with E-state index >= 15 is 0 Å². The monoisotopic (exact) mass is 331 g/mol. The number of halogens is 1. The van der Waals surface area contributed by atoms with Crippen LogP contribution in [0.3, 0.4) is 0 Å². The summed E-state index contributed by atoms with van der Waals surface area (Å²) in [4.78, 5) is 19.0. The largest absolute Gasteiger partial charge is 0.481 e. The van der Waals surface area contributed by atoms with Crippen LogP contribution < -0.4 is 5.32 Å². The third-order valence-electron chi connectivity index (χ3n) is 3.28. The van der Waals surface area contributed by atoms with Crippen molar-refractivity contribution < 1.29 is 9.90 Å². The molecule has 0 radical (unpaired) electrons. The van der Waals surface area contributed by atoms with Gasteiger partial charge in [-0.15, -0.1) is 0 Å². The SMILES string of the molecule is O=C(O)CCCNc1ncnc2c1cnn2-c1cccc(Cl)c1. The summed E-state index contributed by atoms with van der Waals surface area (Å²) in [5.41, 5.74) is 1.46. The molecule has 2 heterocycles. The molecule has 23 heavy (non-hydrogen) atoms. The number of aliphatic carboxylic acids is 1. The van der Waals surface area contributed by atoms with Crippen LogP contribution in [-0.2, 0) is 4.79 Å². The topological polar surface area (TPSA) is 92.9 Å². The zero-order valence-electron chi connectivity index (χ0n) is 12.1. The third kappa shape index (κ3) is 3.40. The second-order valence-corrected chi connectivity index (χ2v) is 5.36. The molecular formula is C15H14ClN5O2. The maximum absolute atomic E-state index is 10.5. The predicted octanol–water partition coefficient (Wildman–Crippen LogP) is 2.75. The Hall–Kier alpha value is -2.67. The summed E-state index contributed by atoms with van der Waals surface area (Å²) < 4.78 is 1.69. The summed E-state index contributed by atoms with van der Waals surface area (Å²) in [6.45, 7) is 0.515. The number of carbonyl (C=O) groups is 1. The number of aromatic nitrogens is 4. The maximum Gasteiger partial charge on any atom is 0.303 e. The van der Waals surface area contributed by atoms with E-state index in [1.165, 1.54) is 6.33 Å². The highest BCUT2D eigenvalue weighted by Crippen LogP contribution is 2.22. The molecule has 0 amide bonds. The third-order valence-corrected chi connectivity index (χ3v) is 3.51. The van der Waals surface area contributed by atoms with Gasteiger partial charge in [-0.1, -0.05) is 17.7 Å². The summed E-state index contributed by atoms with van der Waals surface area (Å²) in [6.07, 6.45) is 3.76. The standard InChI is InChI=1S/C15H14ClN5O2/c16-10-3-1-4-11(7-10)21-15-12(8-20-21)14(18-9-19-15)17-6-2-5-13(22)23/h1,3-4,7-9H,2,5-6H2,(H,22,23)(H,17,18,19). The van der Waals surface area contributed by atoms with E-state index in [2.05, 4.69) is 20.4 Å². The van der Waals surface area contributed by atoms with Gasteiger partial charge < -0.3 is 10.4 Å². The lowest BCUT2D eigenvalue weighted by atomic mass is 10.3. The lowest BCUT2D eigenvalue weighted by Gasteiger charge is -2.06. The molecule has 0 atom stereocenters. The van der Waals surface area contributed by atoms with Crippen molar-refractivity contribution in [3.63, 3.8) is 0 Å². The van der Waals surface area contributed by atoms with E-state index in [0.717, 1.165) is 11.1 Å². The lowest BCUT2D eigenvalue weighted by molar-refractivity contribution is -0.137. The van der Waals surface area contributed by atoms with Gasteiger partial charge in [0.05, 0.1) is 17.3 Å². The van der Waals surface area contributed by atoms with Gasteiger partial charge in [0.25, 0.3) is 0 Å². The normalized spacial score (nSPS) is 10.8. The van der Waals surface area contributed by atoms with Crippen molar-refractivity contribution in [2.45, 2.75) is 12.8 Å². The van der Waals surface area contributed by atoms with Gasteiger partial charge in [-0.05, 0) is 24.6 Å². The number of carboxylic acid groups (broad SMARTS) is 1. The summed E-state index contributed by atoms with van der Waals surface area (Å²) in [7, 11) is 0. The van der Waals surface area contributed by atoms with E-state index in [0.29, 0.717) is 29.5 Å². The fraction of sp³-hybridized carbons (Fsp3) is 0.200. The van der Waals surface area contributed by atoms with Gasteiger partial charge in [0, 0.05) is 18.0 Å². The van der Waals surface area contributed by atoms with Crippen molar-refractivity contribution in [3.8, 4) is 5.69 Å². The van der Waals surface area contributed by atoms with Gasteiger partial charge >= 0.3 is 5.97 Å². The minimum atomic E-state index is -0.812. The molecule has 8 heteroatoms. The highest BCUT2D eigenvalue weighted by molar-refractivity contribution is 6.30. The number of hydrogen-bond donors (Lipinski definition) is 2. The molecule has 0 aliphatic heterocycles. The average Bonchev–Trinajstić information content (AvgIpc) is 2.96. The van der Waals surface area contributed by atoms with Crippen molar-refractivity contribution in [2.75, 3.05) is 11.9 Å². The lowest BCUT2D eigenvalue weighted by Crippen LogP contribution is -2.06.